The number of para-hydroxylation sites is 1. The Morgan fingerprint density at radius 2 is 1.86 bits per heavy atom. The lowest BCUT2D eigenvalue weighted by Crippen LogP contribution is -2.34. The molecule has 0 unspecified atom stereocenters. The second kappa shape index (κ2) is 7.86. The minimum Gasteiger partial charge on any atom is -0.341 e. The predicted octanol–water partition coefficient (Wildman–Crippen LogP) is 4.15. The summed E-state index contributed by atoms with van der Waals surface area (Å²) in [5.41, 5.74) is 4.43. The van der Waals surface area contributed by atoms with Crippen molar-refractivity contribution < 1.29 is 9.59 Å². The Morgan fingerprint density at radius 3 is 2.61 bits per heavy atom. The molecule has 0 radical (unpaired) electrons. The third-order valence-electron chi connectivity index (χ3n) is 4.81. The molecule has 0 bridgehead atoms. The SMILES string of the molecule is CN(CC(=O)Nc1ccc(N2CCc3ccccc32)cc1)C(=O)c1cccs1. The molecule has 1 aliphatic rings. The molecule has 3 aromatic rings. The molecule has 0 fully saturated rings. The van der Waals surface area contributed by atoms with E-state index in [2.05, 4.69) is 34.5 Å². The number of nitrogens with zero attached hydrogens (tertiary/aromatic N) is 2. The van der Waals surface area contributed by atoms with Crippen LogP contribution >= 0.6 is 11.3 Å². The third kappa shape index (κ3) is 3.77. The Labute approximate surface area is 168 Å². The average Bonchev–Trinajstić information content (AvgIpc) is 3.38. The summed E-state index contributed by atoms with van der Waals surface area (Å²) in [6.07, 6.45) is 1.04. The summed E-state index contributed by atoms with van der Waals surface area (Å²) < 4.78 is 0. The van der Waals surface area contributed by atoms with Gasteiger partial charge in [-0.3, -0.25) is 9.59 Å². The van der Waals surface area contributed by atoms with Crippen LogP contribution in [0.15, 0.2) is 66.0 Å². The molecule has 6 heteroatoms. The number of nitrogens with one attached hydrogen (secondary N) is 1. The van der Waals surface area contributed by atoms with E-state index in [9.17, 15) is 9.59 Å². The van der Waals surface area contributed by atoms with Crippen LogP contribution in [0.2, 0.25) is 0 Å². The highest BCUT2D eigenvalue weighted by Crippen LogP contribution is 2.34. The number of carbonyl (C=O) groups is 2. The first-order valence-electron chi connectivity index (χ1n) is 9.16. The molecule has 2 amide bonds. The minimum atomic E-state index is -0.216. The molecule has 4 rings (SSSR count). The monoisotopic (exact) mass is 391 g/mol. The molecule has 1 aliphatic heterocycles. The molecule has 0 aliphatic carbocycles. The number of carbonyl (C=O) groups excluding carboxylic acids is 2. The van der Waals surface area contributed by atoms with Crippen molar-refractivity contribution in [2.24, 2.45) is 0 Å². The molecule has 0 atom stereocenters. The standard InChI is InChI=1S/C22H21N3O2S/c1-24(22(27)20-7-4-14-28-20)15-21(26)23-17-8-10-18(11-9-17)25-13-12-16-5-2-3-6-19(16)25/h2-11,14H,12-13,15H2,1H3,(H,23,26). The number of benzene rings is 2. The van der Waals surface area contributed by atoms with E-state index in [1.54, 1.807) is 13.1 Å². The first-order valence-corrected chi connectivity index (χ1v) is 10.0. The van der Waals surface area contributed by atoms with Crippen LogP contribution in [0.4, 0.5) is 17.1 Å². The highest BCUT2D eigenvalue weighted by molar-refractivity contribution is 7.12. The fourth-order valence-corrected chi connectivity index (χ4v) is 4.12. The van der Waals surface area contributed by atoms with E-state index < -0.39 is 0 Å². The van der Waals surface area contributed by atoms with Crippen LogP contribution in [-0.4, -0.2) is 36.9 Å². The largest absolute Gasteiger partial charge is 0.341 e. The van der Waals surface area contributed by atoms with Crippen LogP contribution in [0.25, 0.3) is 0 Å². The number of fused-ring (bicyclic) bond motifs is 1. The Balaban J connectivity index is 1.37. The Hall–Kier alpha value is -3.12. The van der Waals surface area contributed by atoms with Gasteiger partial charge in [0.25, 0.3) is 5.91 Å². The maximum absolute atomic E-state index is 12.3. The summed E-state index contributed by atoms with van der Waals surface area (Å²) in [6, 6.07) is 19.8. The van der Waals surface area contributed by atoms with Gasteiger partial charge in [-0.1, -0.05) is 24.3 Å². The van der Waals surface area contributed by atoms with Crippen LogP contribution in [0.5, 0.6) is 0 Å². The van der Waals surface area contributed by atoms with E-state index in [0.717, 1.165) is 24.3 Å². The van der Waals surface area contributed by atoms with Crippen LogP contribution in [0.3, 0.4) is 0 Å². The number of thiophene rings is 1. The topological polar surface area (TPSA) is 52.7 Å². The van der Waals surface area contributed by atoms with Gasteiger partial charge in [-0.15, -0.1) is 11.3 Å². The Bertz CT molecular complexity index is 983. The van der Waals surface area contributed by atoms with Gasteiger partial charge >= 0.3 is 0 Å². The highest BCUT2D eigenvalue weighted by Gasteiger charge is 2.20. The van der Waals surface area contributed by atoms with Crippen molar-refractivity contribution in [3.05, 3.63) is 76.5 Å². The molecule has 1 N–H and O–H groups in total. The van der Waals surface area contributed by atoms with Crippen LogP contribution in [0, 0.1) is 0 Å². The first-order chi connectivity index (χ1) is 13.6. The molecule has 2 aromatic carbocycles. The van der Waals surface area contributed by atoms with Crippen molar-refractivity contribution in [1.82, 2.24) is 4.90 Å². The number of hydrogen-bond donors (Lipinski definition) is 1. The molecular weight excluding hydrogens is 370 g/mol. The summed E-state index contributed by atoms with van der Waals surface area (Å²) in [6.45, 7) is 0.971. The summed E-state index contributed by atoms with van der Waals surface area (Å²) >= 11 is 1.37. The third-order valence-corrected chi connectivity index (χ3v) is 5.67. The van der Waals surface area contributed by atoms with Gasteiger partial charge in [-0.2, -0.15) is 0 Å². The zero-order valence-corrected chi connectivity index (χ0v) is 16.4. The van der Waals surface area contributed by atoms with E-state index in [1.807, 2.05) is 35.7 Å². The zero-order valence-electron chi connectivity index (χ0n) is 15.6. The van der Waals surface area contributed by atoms with Gasteiger partial charge in [0, 0.05) is 30.7 Å². The summed E-state index contributed by atoms with van der Waals surface area (Å²) in [7, 11) is 1.63. The van der Waals surface area contributed by atoms with Gasteiger partial charge in [-0.05, 0) is 53.8 Å². The van der Waals surface area contributed by atoms with Crippen molar-refractivity contribution in [3.8, 4) is 0 Å². The predicted molar refractivity (Wildman–Crippen MR) is 114 cm³/mol. The summed E-state index contributed by atoms with van der Waals surface area (Å²) in [4.78, 5) is 28.9. The molecule has 0 saturated heterocycles. The lowest BCUT2D eigenvalue weighted by atomic mass is 10.2. The molecule has 28 heavy (non-hydrogen) atoms. The highest BCUT2D eigenvalue weighted by atomic mass is 32.1. The van der Waals surface area contributed by atoms with Crippen molar-refractivity contribution in [3.63, 3.8) is 0 Å². The van der Waals surface area contributed by atoms with E-state index in [4.69, 9.17) is 0 Å². The van der Waals surface area contributed by atoms with Crippen molar-refractivity contribution in [2.75, 3.05) is 30.4 Å². The normalized spacial score (nSPS) is 12.5. The van der Waals surface area contributed by atoms with Crippen LogP contribution in [-0.2, 0) is 11.2 Å². The van der Waals surface area contributed by atoms with Gasteiger partial charge in [0.05, 0.1) is 11.4 Å². The van der Waals surface area contributed by atoms with Gasteiger partial charge in [0.1, 0.15) is 0 Å². The molecule has 5 nitrogen and oxygen atoms in total. The fraction of sp³-hybridized carbons (Fsp3) is 0.182. The second-order valence-electron chi connectivity index (χ2n) is 6.76. The fourth-order valence-electron chi connectivity index (χ4n) is 3.41. The number of likely N-dealkylation sites (N-methyl/N-ethyl adjacent to an activating group) is 1. The van der Waals surface area contributed by atoms with Gasteiger partial charge < -0.3 is 15.1 Å². The maximum atomic E-state index is 12.3. The quantitative estimate of drug-likeness (QED) is 0.711. The van der Waals surface area contributed by atoms with Crippen LogP contribution < -0.4 is 10.2 Å². The smallest absolute Gasteiger partial charge is 0.264 e. The molecule has 1 aromatic heterocycles. The van der Waals surface area contributed by atoms with Crippen molar-refractivity contribution in [2.45, 2.75) is 6.42 Å². The Kier molecular flexibility index (Phi) is 5.12. The van der Waals surface area contributed by atoms with Crippen molar-refractivity contribution in [1.29, 1.82) is 0 Å². The average molecular weight is 391 g/mol. The lowest BCUT2D eigenvalue weighted by molar-refractivity contribution is -0.116. The van der Waals surface area contributed by atoms with Gasteiger partial charge in [-0.25, -0.2) is 0 Å². The number of hydrogen-bond acceptors (Lipinski definition) is 4. The second-order valence-corrected chi connectivity index (χ2v) is 7.71. The molecule has 0 saturated carbocycles. The number of anilines is 3. The summed E-state index contributed by atoms with van der Waals surface area (Å²) in [5, 5.41) is 4.71. The van der Waals surface area contributed by atoms with E-state index in [1.165, 1.54) is 27.5 Å². The molecule has 142 valence electrons. The lowest BCUT2D eigenvalue weighted by Gasteiger charge is -2.20. The molecular formula is C22H21N3O2S. The summed E-state index contributed by atoms with van der Waals surface area (Å²) in [5.74, 6) is -0.361. The van der Waals surface area contributed by atoms with E-state index >= 15 is 0 Å². The van der Waals surface area contributed by atoms with E-state index in [0.29, 0.717) is 4.88 Å². The number of rotatable bonds is 5. The minimum absolute atomic E-state index is 0.0119. The van der Waals surface area contributed by atoms with Gasteiger partial charge in [0.2, 0.25) is 5.91 Å². The maximum Gasteiger partial charge on any atom is 0.264 e. The van der Waals surface area contributed by atoms with E-state index in [-0.39, 0.29) is 18.4 Å². The molecule has 0 spiro atoms. The zero-order chi connectivity index (χ0) is 19.5. The first kappa shape index (κ1) is 18.3. The molecule has 2 heterocycles. The van der Waals surface area contributed by atoms with Crippen molar-refractivity contribution >= 4 is 40.2 Å². The van der Waals surface area contributed by atoms with Gasteiger partial charge in [0.15, 0.2) is 0 Å². The number of amides is 2. The Morgan fingerprint density at radius 1 is 1.07 bits per heavy atom. The van der Waals surface area contributed by atoms with Crippen LogP contribution in [0.1, 0.15) is 15.2 Å².